The maximum atomic E-state index is 12.4. The summed E-state index contributed by atoms with van der Waals surface area (Å²) in [4.78, 5) is 12.4. The zero-order valence-electron chi connectivity index (χ0n) is 13.3. The quantitative estimate of drug-likeness (QED) is 0.850. The van der Waals surface area contributed by atoms with Gasteiger partial charge in [-0.2, -0.15) is 0 Å². The van der Waals surface area contributed by atoms with Crippen LogP contribution in [0, 0.1) is 5.41 Å². The number of benzene rings is 1. The fourth-order valence-corrected chi connectivity index (χ4v) is 1.95. The summed E-state index contributed by atoms with van der Waals surface area (Å²) in [5.74, 6) is -0.0258. The third kappa shape index (κ3) is 4.08. The highest BCUT2D eigenvalue weighted by atomic mass is 16.7. The molecule has 1 saturated heterocycles. The summed E-state index contributed by atoms with van der Waals surface area (Å²) in [7, 11) is 0. The molecule has 1 aromatic carbocycles. The van der Waals surface area contributed by atoms with Crippen LogP contribution >= 0.6 is 0 Å². The number of amides is 1. The molecule has 0 aromatic heterocycles. The number of hydrogen-bond acceptors (Lipinski definition) is 4. The Labute approximate surface area is 131 Å². The van der Waals surface area contributed by atoms with Crippen LogP contribution in [-0.2, 0) is 14.3 Å². The molecule has 1 aliphatic rings. The van der Waals surface area contributed by atoms with Crippen molar-refractivity contribution in [1.82, 2.24) is 0 Å². The molecule has 2 rings (SSSR count). The molecule has 5 nitrogen and oxygen atoms in total. The van der Waals surface area contributed by atoms with Crippen molar-refractivity contribution in [3.8, 4) is 5.75 Å². The van der Waals surface area contributed by atoms with E-state index in [2.05, 4.69) is 11.9 Å². The second-order valence-corrected chi connectivity index (χ2v) is 6.12. The third-order valence-corrected chi connectivity index (χ3v) is 3.50. The van der Waals surface area contributed by atoms with Crippen LogP contribution in [0.15, 0.2) is 36.9 Å². The van der Waals surface area contributed by atoms with Crippen molar-refractivity contribution >= 4 is 11.6 Å². The van der Waals surface area contributed by atoms with Crippen LogP contribution in [0.25, 0.3) is 0 Å². The van der Waals surface area contributed by atoms with E-state index in [1.54, 1.807) is 30.3 Å². The first-order valence-electron chi connectivity index (χ1n) is 7.28. The van der Waals surface area contributed by atoms with Crippen LogP contribution < -0.4 is 10.1 Å². The van der Waals surface area contributed by atoms with E-state index in [1.165, 1.54) is 0 Å². The Morgan fingerprint density at radius 3 is 2.41 bits per heavy atom. The van der Waals surface area contributed by atoms with Gasteiger partial charge in [0, 0.05) is 5.69 Å². The van der Waals surface area contributed by atoms with Crippen LogP contribution in [0.3, 0.4) is 0 Å². The van der Waals surface area contributed by atoms with Gasteiger partial charge in [-0.05, 0) is 45.0 Å². The minimum absolute atomic E-state index is 0.122. The minimum atomic E-state index is -0.701. The van der Waals surface area contributed by atoms with E-state index in [0.717, 1.165) is 5.75 Å². The third-order valence-electron chi connectivity index (χ3n) is 3.50. The van der Waals surface area contributed by atoms with Crippen molar-refractivity contribution in [2.75, 3.05) is 25.1 Å². The summed E-state index contributed by atoms with van der Waals surface area (Å²) in [5, 5.41) is 2.89. The molecule has 0 atom stereocenters. The Morgan fingerprint density at radius 2 is 1.86 bits per heavy atom. The molecular formula is C17H23NO4. The van der Waals surface area contributed by atoms with Crippen molar-refractivity contribution in [2.24, 2.45) is 5.41 Å². The molecule has 0 radical (unpaired) electrons. The summed E-state index contributed by atoms with van der Waals surface area (Å²) in [6, 6.07) is 7.21. The lowest BCUT2D eigenvalue weighted by Gasteiger charge is -2.40. The Hall–Kier alpha value is -1.85. The Kier molecular flexibility index (Phi) is 4.88. The normalized spacial score (nSPS) is 19.2. The average Bonchev–Trinajstić information content (AvgIpc) is 2.50. The van der Waals surface area contributed by atoms with Crippen molar-refractivity contribution in [3.05, 3.63) is 36.9 Å². The van der Waals surface area contributed by atoms with E-state index in [0.29, 0.717) is 25.5 Å². The fourth-order valence-electron chi connectivity index (χ4n) is 1.95. The van der Waals surface area contributed by atoms with E-state index in [4.69, 9.17) is 14.2 Å². The SMILES string of the molecule is C=CCOc1ccc(NC(=O)C2(C)COC(C)(C)OC2)cc1. The number of ether oxygens (including phenoxy) is 3. The summed E-state index contributed by atoms with van der Waals surface area (Å²) in [6.07, 6.45) is 1.68. The highest BCUT2D eigenvalue weighted by molar-refractivity contribution is 5.95. The summed E-state index contributed by atoms with van der Waals surface area (Å²) in [6.45, 7) is 10.2. The molecule has 120 valence electrons. The van der Waals surface area contributed by atoms with Gasteiger partial charge in [0.15, 0.2) is 5.79 Å². The lowest BCUT2D eigenvalue weighted by atomic mass is 9.90. The number of hydrogen-bond donors (Lipinski definition) is 1. The molecule has 0 unspecified atom stereocenters. The van der Waals surface area contributed by atoms with E-state index in [1.807, 2.05) is 20.8 Å². The van der Waals surface area contributed by atoms with Crippen LogP contribution in [0.1, 0.15) is 20.8 Å². The molecule has 1 amide bonds. The first-order valence-corrected chi connectivity index (χ1v) is 7.28. The molecule has 1 aliphatic heterocycles. The van der Waals surface area contributed by atoms with Gasteiger partial charge in [-0.25, -0.2) is 0 Å². The van der Waals surface area contributed by atoms with Gasteiger partial charge in [-0.3, -0.25) is 4.79 Å². The standard InChI is InChI=1S/C17H23NO4/c1-5-10-20-14-8-6-13(7-9-14)18-15(19)17(4)11-21-16(2,3)22-12-17/h5-9H,1,10-12H2,2-4H3,(H,18,19). The van der Waals surface area contributed by atoms with Crippen molar-refractivity contribution in [1.29, 1.82) is 0 Å². The number of carbonyl (C=O) groups excluding carboxylic acids is 1. The zero-order valence-corrected chi connectivity index (χ0v) is 13.3. The van der Waals surface area contributed by atoms with Gasteiger partial charge in [-0.15, -0.1) is 0 Å². The largest absolute Gasteiger partial charge is 0.490 e. The Morgan fingerprint density at radius 1 is 1.27 bits per heavy atom. The molecule has 0 bridgehead atoms. The summed E-state index contributed by atoms with van der Waals surface area (Å²) in [5.41, 5.74) is 0.00933. The second kappa shape index (κ2) is 6.50. The van der Waals surface area contributed by atoms with Crippen LogP contribution in [0.4, 0.5) is 5.69 Å². The van der Waals surface area contributed by atoms with Crippen molar-refractivity contribution in [3.63, 3.8) is 0 Å². The molecule has 22 heavy (non-hydrogen) atoms. The van der Waals surface area contributed by atoms with Crippen molar-refractivity contribution < 1.29 is 19.0 Å². The summed E-state index contributed by atoms with van der Waals surface area (Å²) >= 11 is 0. The highest BCUT2D eigenvalue weighted by Gasteiger charge is 2.42. The Balaban J connectivity index is 1.95. The maximum absolute atomic E-state index is 12.4. The fraction of sp³-hybridized carbons (Fsp3) is 0.471. The first-order chi connectivity index (χ1) is 10.3. The van der Waals surface area contributed by atoms with E-state index in [9.17, 15) is 4.79 Å². The van der Waals surface area contributed by atoms with Crippen LogP contribution in [-0.4, -0.2) is 31.5 Å². The molecule has 0 saturated carbocycles. The van der Waals surface area contributed by atoms with Gasteiger partial charge in [0.1, 0.15) is 12.4 Å². The van der Waals surface area contributed by atoms with Gasteiger partial charge < -0.3 is 19.5 Å². The van der Waals surface area contributed by atoms with Gasteiger partial charge in [-0.1, -0.05) is 12.7 Å². The minimum Gasteiger partial charge on any atom is -0.490 e. The number of carbonyl (C=O) groups is 1. The lowest BCUT2D eigenvalue weighted by Crippen LogP contribution is -2.50. The second-order valence-electron chi connectivity index (χ2n) is 6.12. The smallest absolute Gasteiger partial charge is 0.234 e. The predicted molar refractivity (Wildman–Crippen MR) is 84.9 cm³/mol. The van der Waals surface area contributed by atoms with E-state index >= 15 is 0 Å². The zero-order chi connectivity index (χ0) is 16.2. The molecule has 1 heterocycles. The highest BCUT2D eigenvalue weighted by Crippen LogP contribution is 2.30. The summed E-state index contributed by atoms with van der Waals surface area (Å²) < 4.78 is 16.6. The number of nitrogens with one attached hydrogen (secondary N) is 1. The van der Waals surface area contributed by atoms with E-state index < -0.39 is 11.2 Å². The Bertz CT molecular complexity index is 526. The molecule has 0 spiro atoms. The van der Waals surface area contributed by atoms with Gasteiger partial charge in [0.05, 0.1) is 18.6 Å². The van der Waals surface area contributed by atoms with Gasteiger partial charge in [0.25, 0.3) is 0 Å². The van der Waals surface area contributed by atoms with Crippen LogP contribution in [0.2, 0.25) is 0 Å². The van der Waals surface area contributed by atoms with Crippen molar-refractivity contribution in [2.45, 2.75) is 26.6 Å². The number of rotatable bonds is 5. The molecule has 0 aliphatic carbocycles. The predicted octanol–water partition coefficient (Wildman–Crippen LogP) is 2.98. The average molecular weight is 305 g/mol. The monoisotopic (exact) mass is 305 g/mol. The van der Waals surface area contributed by atoms with Gasteiger partial charge >= 0.3 is 0 Å². The topological polar surface area (TPSA) is 56.8 Å². The molecule has 1 N–H and O–H groups in total. The molecular weight excluding hydrogens is 282 g/mol. The molecule has 1 fully saturated rings. The van der Waals surface area contributed by atoms with Crippen LogP contribution in [0.5, 0.6) is 5.75 Å². The maximum Gasteiger partial charge on any atom is 0.234 e. The molecule has 5 heteroatoms. The van der Waals surface area contributed by atoms with E-state index in [-0.39, 0.29) is 5.91 Å². The van der Waals surface area contributed by atoms with Gasteiger partial charge in [0.2, 0.25) is 5.91 Å². The first kappa shape index (κ1) is 16.5. The lowest BCUT2D eigenvalue weighted by molar-refractivity contribution is -0.276. The number of anilines is 1. The molecule has 1 aromatic rings.